The van der Waals surface area contributed by atoms with E-state index in [2.05, 4.69) is 4.74 Å². The second-order valence-corrected chi connectivity index (χ2v) is 8.27. The van der Waals surface area contributed by atoms with Gasteiger partial charge in [0.05, 0.1) is 7.11 Å². The molecule has 1 aromatic carbocycles. The Morgan fingerprint density at radius 3 is 2.57 bits per heavy atom. The average molecular weight is 403 g/mol. The predicted molar refractivity (Wildman–Crippen MR) is 111 cm³/mol. The summed E-state index contributed by atoms with van der Waals surface area (Å²) in [5.41, 5.74) is 0.654. The number of allylic oxidation sites excluding steroid dienone is 3. The maximum Gasteiger partial charge on any atom is 0.330 e. The summed E-state index contributed by atoms with van der Waals surface area (Å²) in [6, 6.07) is 7.39. The van der Waals surface area contributed by atoms with Gasteiger partial charge >= 0.3 is 5.97 Å². The highest BCUT2D eigenvalue weighted by Gasteiger charge is 2.49. The molecule has 0 spiro atoms. The van der Waals surface area contributed by atoms with E-state index in [-0.39, 0.29) is 12.2 Å². The van der Waals surface area contributed by atoms with E-state index in [0.717, 1.165) is 5.56 Å². The molecule has 28 heavy (non-hydrogen) atoms. The normalized spacial score (nSPS) is 22.7. The number of rotatable bonds is 5. The molecular formula is C23H27ClO4. The van der Waals surface area contributed by atoms with Gasteiger partial charge in [0.15, 0.2) is 5.78 Å². The van der Waals surface area contributed by atoms with Crippen molar-refractivity contribution in [3.8, 4) is 0 Å². The van der Waals surface area contributed by atoms with Gasteiger partial charge in [-0.25, -0.2) is 4.79 Å². The molecule has 150 valence electrons. The second-order valence-electron chi connectivity index (χ2n) is 7.87. The third-order valence-electron chi connectivity index (χ3n) is 5.45. The van der Waals surface area contributed by atoms with Crippen LogP contribution in [0.15, 0.2) is 59.2 Å². The lowest BCUT2D eigenvalue weighted by Gasteiger charge is -2.46. The topological polar surface area (TPSA) is 63.6 Å². The largest absolute Gasteiger partial charge is 0.466 e. The standard InChI is InChI=1S/C23H27ClO4/c1-15(12-21(26)28-5)10-11-23(27)16(2)18(20(25)14-22(23,3)4)13-17-8-6-7-9-19(17)24/h6-12,27H,13-14H2,1-5H3/t23-/m1/s1. The van der Waals surface area contributed by atoms with Crippen LogP contribution in [0.5, 0.6) is 0 Å². The van der Waals surface area contributed by atoms with Crippen molar-refractivity contribution >= 4 is 23.4 Å². The van der Waals surface area contributed by atoms with Crippen LogP contribution in [0.2, 0.25) is 5.02 Å². The van der Waals surface area contributed by atoms with Crippen molar-refractivity contribution in [1.82, 2.24) is 0 Å². The van der Waals surface area contributed by atoms with Crippen LogP contribution in [0, 0.1) is 5.41 Å². The van der Waals surface area contributed by atoms with Crippen LogP contribution < -0.4 is 0 Å². The molecule has 0 heterocycles. The van der Waals surface area contributed by atoms with Crippen molar-refractivity contribution in [3.63, 3.8) is 0 Å². The number of methoxy groups -OCH3 is 1. The van der Waals surface area contributed by atoms with Gasteiger partial charge in [-0.05, 0) is 42.7 Å². The highest BCUT2D eigenvalue weighted by atomic mass is 35.5. The Kier molecular flexibility index (Phi) is 6.68. The lowest BCUT2D eigenvalue weighted by Crippen LogP contribution is -2.49. The number of halogens is 1. The fraction of sp³-hybridized carbons (Fsp3) is 0.391. The highest BCUT2D eigenvalue weighted by Crippen LogP contribution is 2.47. The summed E-state index contributed by atoms with van der Waals surface area (Å²) in [5.74, 6) is -0.443. The monoisotopic (exact) mass is 402 g/mol. The molecule has 1 aliphatic carbocycles. The molecule has 0 saturated carbocycles. The zero-order valence-corrected chi connectivity index (χ0v) is 17.8. The Morgan fingerprint density at radius 2 is 1.96 bits per heavy atom. The summed E-state index contributed by atoms with van der Waals surface area (Å²) in [4.78, 5) is 24.3. The quantitative estimate of drug-likeness (QED) is 0.444. The van der Waals surface area contributed by atoms with Gasteiger partial charge in [-0.2, -0.15) is 0 Å². The fourth-order valence-corrected chi connectivity index (χ4v) is 3.75. The van der Waals surface area contributed by atoms with E-state index in [1.807, 2.05) is 32.0 Å². The van der Waals surface area contributed by atoms with E-state index in [0.29, 0.717) is 28.2 Å². The second kappa shape index (κ2) is 8.46. The predicted octanol–water partition coefficient (Wildman–Crippen LogP) is 4.60. The molecule has 4 nitrogen and oxygen atoms in total. The first kappa shape index (κ1) is 22.1. The lowest BCUT2D eigenvalue weighted by atomic mass is 9.62. The van der Waals surface area contributed by atoms with Gasteiger partial charge < -0.3 is 9.84 Å². The number of ether oxygens (including phenoxy) is 1. The molecule has 5 heteroatoms. The summed E-state index contributed by atoms with van der Waals surface area (Å²) in [7, 11) is 1.31. The van der Waals surface area contributed by atoms with Crippen LogP contribution in [-0.2, 0) is 20.7 Å². The fourth-order valence-electron chi connectivity index (χ4n) is 3.55. The van der Waals surface area contributed by atoms with Crippen molar-refractivity contribution in [2.75, 3.05) is 7.11 Å². The Bertz CT molecular complexity index is 876. The summed E-state index contributed by atoms with van der Waals surface area (Å²) >= 11 is 6.27. The van der Waals surface area contributed by atoms with E-state index in [9.17, 15) is 14.7 Å². The first-order valence-electron chi connectivity index (χ1n) is 9.16. The Hall–Kier alpha value is -2.17. The number of carbonyl (C=O) groups is 2. The van der Waals surface area contributed by atoms with Gasteiger partial charge in [-0.15, -0.1) is 0 Å². The number of hydrogen-bond donors (Lipinski definition) is 1. The van der Waals surface area contributed by atoms with Crippen LogP contribution >= 0.6 is 11.6 Å². The third-order valence-corrected chi connectivity index (χ3v) is 5.82. The van der Waals surface area contributed by atoms with E-state index >= 15 is 0 Å². The molecule has 1 aromatic rings. The van der Waals surface area contributed by atoms with Gasteiger partial charge in [0.1, 0.15) is 5.60 Å². The number of benzene rings is 1. The van der Waals surface area contributed by atoms with Gasteiger partial charge in [-0.3, -0.25) is 4.79 Å². The summed E-state index contributed by atoms with van der Waals surface area (Å²) in [6.07, 6.45) is 5.28. The molecule has 0 radical (unpaired) electrons. The Balaban J connectivity index is 2.49. The zero-order valence-electron chi connectivity index (χ0n) is 17.0. The summed E-state index contributed by atoms with van der Waals surface area (Å²) in [6.45, 7) is 7.27. The number of hydrogen-bond acceptors (Lipinski definition) is 4. The van der Waals surface area contributed by atoms with Crippen molar-refractivity contribution in [3.05, 3.63) is 69.8 Å². The van der Waals surface area contributed by atoms with E-state index in [1.54, 1.807) is 32.1 Å². The minimum absolute atomic E-state index is 0.0160. The van der Waals surface area contributed by atoms with Crippen LogP contribution in [0.25, 0.3) is 0 Å². The average Bonchev–Trinajstić information content (AvgIpc) is 2.63. The van der Waals surface area contributed by atoms with Crippen LogP contribution in [-0.4, -0.2) is 29.6 Å². The number of carbonyl (C=O) groups excluding carboxylic acids is 2. The van der Waals surface area contributed by atoms with Gasteiger partial charge in [0.2, 0.25) is 0 Å². The van der Waals surface area contributed by atoms with E-state index in [1.165, 1.54) is 13.2 Å². The molecule has 0 amide bonds. The molecule has 0 fully saturated rings. The molecule has 1 atom stereocenters. The Morgan fingerprint density at radius 1 is 1.32 bits per heavy atom. The molecule has 2 rings (SSSR count). The zero-order chi connectivity index (χ0) is 21.1. The molecule has 0 aliphatic heterocycles. The van der Waals surface area contributed by atoms with E-state index in [4.69, 9.17) is 11.6 Å². The smallest absolute Gasteiger partial charge is 0.330 e. The van der Waals surface area contributed by atoms with Crippen LogP contribution in [0.4, 0.5) is 0 Å². The number of aliphatic hydroxyl groups is 1. The van der Waals surface area contributed by atoms with E-state index < -0.39 is 17.0 Å². The van der Waals surface area contributed by atoms with Crippen molar-refractivity contribution in [1.29, 1.82) is 0 Å². The number of esters is 1. The van der Waals surface area contributed by atoms with Gasteiger partial charge in [-0.1, -0.05) is 49.7 Å². The molecule has 0 unspecified atom stereocenters. The third kappa shape index (κ3) is 4.45. The first-order valence-corrected chi connectivity index (χ1v) is 9.54. The minimum Gasteiger partial charge on any atom is -0.466 e. The maximum atomic E-state index is 12.8. The SMILES string of the molecule is COC(=O)C=C(C)C=C[C@@]1(O)C(C)=C(Cc2ccccc2Cl)C(=O)CC1(C)C. The molecule has 0 saturated heterocycles. The van der Waals surface area contributed by atoms with Crippen molar-refractivity contribution in [2.24, 2.45) is 5.41 Å². The molecular weight excluding hydrogens is 376 g/mol. The molecule has 0 aromatic heterocycles. The van der Waals surface area contributed by atoms with Gasteiger partial charge in [0.25, 0.3) is 0 Å². The minimum atomic E-state index is -1.33. The van der Waals surface area contributed by atoms with Crippen molar-refractivity contribution < 1.29 is 19.4 Å². The summed E-state index contributed by atoms with van der Waals surface area (Å²) in [5, 5.41) is 12.2. The molecule has 1 N–H and O–H groups in total. The molecule has 1 aliphatic rings. The van der Waals surface area contributed by atoms with Crippen LogP contribution in [0.3, 0.4) is 0 Å². The first-order chi connectivity index (χ1) is 13.0. The lowest BCUT2D eigenvalue weighted by molar-refractivity contribution is -0.134. The number of ketones is 1. The number of Topliss-reactive ketones (excluding diaryl/α,β-unsaturated/α-hetero) is 1. The van der Waals surface area contributed by atoms with Gasteiger partial charge in [0, 0.05) is 34.9 Å². The summed E-state index contributed by atoms with van der Waals surface area (Å²) < 4.78 is 4.63. The molecule has 0 bridgehead atoms. The Labute approximate surface area is 171 Å². The van der Waals surface area contributed by atoms with Crippen LogP contribution in [0.1, 0.15) is 39.7 Å². The van der Waals surface area contributed by atoms with Crippen molar-refractivity contribution in [2.45, 2.75) is 46.1 Å². The highest BCUT2D eigenvalue weighted by molar-refractivity contribution is 6.31. The maximum absolute atomic E-state index is 12.8.